The lowest BCUT2D eigenvalue weighted by Gasteiger charge is -2.12. The number of aromatic nitrogens is 3. The van der Waals surface area contributed by atoms with E-state index in [-0.39, 0.29) is 11.7 Å². The predicted octanol–water partition coefficient (Wildman–Crippen LogP) is 1.33. The van der Waals surface area contributed by atoms with Crippen molar-refractivity contribution in [1.29, 1.82) is 0 Å². The van der Waals surface area contributed by atoms with Crippen molar-refractivity contribution in [3.05, 3.63) is 22.1 Å². The summed E-state index contributed by atoms with van der Waals surface area (Å²) < 4.78 is 6.76. The number of rotatable bonds is 4. The molecule has 1 aliphatic rings. The molecule has 20 heavy (non-hydrogen) atoms. The highest BCUT2D eigenvalue weighted by Gasteiger charge is 2.25. The summed E-state index contributed by atoms with van der Waals surface area (Å²) >= 11 is 1.47. The molecule has 108 valence electrons. The van der Waals surface area contributed by atoms with E-state index < -0.39 is 0 Å². The molecule has 0 radical (unpaired) electrons. The second-order valence-corrected chi connectivity index (χ2v) is 5.94. The first kappa shape index (κ1) is 13.5. The van der Waals surface area contributed by atoms with Gasteiger partial charge in [0.25, 0.3) is 5.56 Å². The highest BCUT2D eigenvalue weighted by molar-refractivity contribution is 7.20. The van der Waals surface area contributed by atoms with Crippen LogP contribution in [-0.2, 0) is 11.2 Å². The van der Waals surface area contributed by atoms with Crippen LogP contribution in [0.3, 0.4) is 0 Å². The Morgan fingerprint density at radius 1 is 1.55 bits per heavy atom. The molecule has 6 nitrogen and oxygen atoms in total. The fourth-order valence-electron chi connectivity index (χ4n) is 2.45. The molecule has 0 saturated carbocycles. The van der Waals surface area contributed by atoms with Crippen molar-refractivity contribution in [3.63, 3.8) is 0 Å². The van der Waals surface area contributed by atoms with E-state index in [2.05, 4.69) is 21.9 Å². The van der Waals surface area contributed by atoms with Crippen LogP contribution in [0.25, 0.3) is 4.96 Å². The van der Waals surface area contributed by atoms with E-state index in [4.69, 9.17) is 4.74 Å². The van der Waals surface area contributed by atoms with E-state index in [0.29, 0.717) is 4.96 Å². The topological polar surface area (TPSA) is 59.7 Å². The quantitative estimate of drug-likeness (QED) is 0.851. The van der Waals surface area contributed by atoms with E-state index in [9.17, 15) is 4.79 Å². The average molecular weight is 294 g/mol. The Balaban J connectivity index is 1.94. The van der Waals surface area contributed by atoms with Crippen molar-refractivity contribution < 1.29 is 4.74 Å². The Hall–Kier alpha value is -1.47. The zero-order valence-corrected chi connectivity index (χ0v) is 12.5. The molecule has 2 aromatic rings. The number of hydrogen-bond donors (Lipinski definition) is 0. The summed E-state index contributed by atoms with van der Waals surface area (Å²) in [6.45, 7) is 3.82. The minimum atomic E-state index is -0.0940. The van der Waals surface area contributed by atoms with Crippen molar-refractivity contribution in [2.75, 3.05) is 25.1 Å². The van der Waals surface area contributed by atoms with Crippen molar-refractivity contribution in [1.82, 2.24) is 14.6 Å². The zero-order valence-electron chi connectivity index (χ0n) is 11.7. The maximum atomic E-state index is 12.0. The smallest absolute Gasteiger partial charge is 0.275 e. The van der Waals surface area contributed by atoms with E-state index in [1.165, 1.54) is 15.9 Å². The molecular formula is C13H18N4O2S. The Morgan fingerprint density at radius 2 is 2.40 bits per heavy atom. The monoisotopic (exact) mass is 294 g/mol. The molecular weight excluding hydrogens is 276 g/mol. The molecule has 1 fully saturated rings. The first-order chi connectivity index (χ1) is 9.71. The van der Waals surface area contributed by atoms with Crippen molar-refractivity contribution >= 4 is 21.4 Å². The first-order valence-corrected chi connectivity index (χ1v) is 7.70. The molecule has 0 aromatic carbocycles. The van der Waals surface area contributed by atoms with Gasteiger partial charge in [-0.25, -0.2) is 4.98 Å². The van der Waals surface area contributed by atoms with Gasteiger partial charge in [-0.1, -0.05) is 24.7 Å². The zero-order chi connectivity index (χ0) is 14.1. The number of methoxy groups -OCH3 is 1. The number of fused-ring (bicyclic) bond motifs is 1. The van der Waals surface area contributed by atoms with Gasteiger partial charge in [-0.15, -0.1) is 5.10 Å². The molecule has 0 bridgehead atoms. The van der Waals surface area contributed by atoms with Gasteiger partial charge in [-0.2, -0.15) is 4.52 Å². The van der Waals surface area contributed by atoms with Crippen LogP contribution in [-0.4, -0.2) is 40.9 Å². The van der Waals surface area contributed by atoms with Crippen LogP contribution in [0.15, 0.2) is 10.9 Å². The molecule has 1 aliphatic heterocycles. The maximum Gasteiger partial charge on any atom is 0.275 e. The molecule has 0 aliphatic carbocycles. The Labute approximate surface area is 121 Å². The second kappa shape index (κ2) is 5.49. The average Bonchev–Trinajstić information content (AvgIpc) is 3.04. The Kier molecular flexibility index (Phi) is 3.71. The van der Waals surface area contributed by atoms with Gasteiger partial charge in [-0.3, -0.25) is 4.79 Å². The Bertz CT molecular complexity index is 666. The van der Waals surface area contributed by atoms with Crippen LogP contribution in [0, 0.1) is 0 Å². The van der Waals surface area contributed by atoms with Gasteiger partial charge in [0.1, 0.15) is 0 Å². The third-order valence-corrected chi connectivity index (χ3v) is 4.51. The van der Waals surface area contributed by atoms with E-state index in [0.717, 1.165) is 43.2 Å². The standard InChI is InChI=1S/C13H18N4O2S/c1-3-4-9-7-11(18)17-12(14-9)20-13(15-17)16-6-5-10(8-16)19-2/h7,10H,3-6,8H2,1-2H3/t10-/m0/s1. The van der Waals surface area contributed by atoms with Crippen LogP contribution >= 0.6 is 11.3 Å². The number of anilines is 1. The molecule has 3 rings (SSSR count). The van der Waals surface area contributed by atoms with Gasteiger partial charge in [0, 0.05) is 32.0 Å². The summed E-state index contributed by atoms with van der Waals surface area (Å²) in [5.74, 6) is 0. The van der Waals surface area contributed by atoms with Gasteiger partial charge >= 0.3 is 0 Å². The van der Waals surface area contributed by atoms with E-state index >= 15 is 0 Å². The predicted molar refractivity (Wildman–Crippen MR) is 78.8 cm³/mol. The van der Waals surface area contributed by atoms with Gasteiger partial charge < -0.3 is 9.64 Å². The van der Waals surface area contributed by atoms with Crippen molar-refractivity contribution in [2.24, 2.45) is 0 Å². The molecule has 0 amide bonds. The molecule has 0 unspecified atom stereocenters. The molecule has 0 N–H and O–H groups in total. The number of aryl methyl sites for hydroxylation is 1. The van der Waals surface area contributed by atoms with E-state index in [1.807, 2.05) is 0 Å². The summed E-state index contributed by atoms with van der Waals surface area (Å²) in [7, 11) is 1.73. The summed E-state index contributed by atoms with van der Waals surface area (Å²) in [5, 5.41) is 5.24. The highest BCUT2D eigenvalue weighted by Crippen LogP contribution is 2.25. The minimum Gasteiger partial charge on any atom is -0.380 e. The van der Waals surface area contributed by atoms with Gasteiger partial charge in [0.2, 0.25) is 10.1 Å². The highest BCUT2D eigenvalue weighted by atomic mass is 32.1. The van der Waals surface area contributed by atoms with Crippen molar-refractivity contribution in [3.8, 4) is 0 Å². The number of ether oxygens (including phenoxy) is 1. The summed E-state index contributed by atoms with van der Waals surface area (Å²) in [5.41, 5.74) is 0.757. The first-order valence-electron chi connectivity index (χ1n) is 6.88. The fraction of sp³-hybridized carbons (Fsp3) is 0.615. The number of nitrogens with zero attached hydrogens (tertiary/aromatic N) is 4. The third-order valence-electron chi connectivity index (χ3n) is 3.54. The molecule has 3 heterocycles. The SMILES string of the molecule is CCCc1cc(=O)n2nc(N3CC[C@H](OC)C3)sc2n1. The summed E-state index contributed by atoms with van der Waals surface area (Å²) in [4.78, 5) is 19.4. The third kappa shape index (κ3) is 2.43. The van der Waals surface area contributed by atoms with Gasteiger partial charge in [0.15, 0.2) is 0 Å². The van der Waals surface area contributed by atoms with Gasteiger partial charge in [-0.05, 0) is 12.8 Å². The van der Waals surface area contributed by atoms with Crippen LogP contribution in [0.2, 0.25) is 0 Å². The van der Waals surface area contributed by atoms with Crippen LogP contribution in [0.4, 0.5) is 5.13 Å². The largest absolute Gasteiger partial charge is 0.380 e. The van der Waals surface area contributed by atoms with Gasteiger partial charge in [0.05, 0.1) is 6.10 Å². The minimum absolute atomic E-state index is 0.0940. The lowest BCUT2D eigenvalue weighted by Crippen LogP contribution is -2.23. The molecule has 1 saturated heterocycles. The van der Waals surface area contributed by atoms with Crippen molar-refractivity contribution in [2.45, 2.75) is 32.3 Å². The molecule has 2 aromatic heterocycles. The summed E-state index contributed by atoms with van der Waals surface area (Å²) in [6, 6.07) is 1.59. The van der Waals surface area contributed by atoms with E-state index in [1.54, 1.807) is 13.2 Å². The normalized spacial score (nSPS) is 19.1. The Morgan fingerprint density at radius 3 is 3.10 bits per heavy atom. The van der Waals surface area contributed by atoms with Crippen LogP contribution in [0.5, 0.6) is 0 Å². The maximum absolute atomic E-state index is 12.0. The number of hydrogen-bond acceptors (Lipinski definition) is 6. The lowest BCUT2D eigenvalue weighted by molar-refractivity contribution is 0.121. The molecule has 7 heteroatoms. The second-order valence-electron chi connectivity index (χ2n) is 5.01. The van der Waals surface area contributed by atoms with Crippen LogP contribution in [0.1, 0.15) is 25.5 Å². The summed E-state index contributed by atoms with van der Waals surface area (Å²) in [6.07, 6.45) is 3.06. The van der Waals surface area contributed by atoms with Crippen LogP contribution < -0.4 is 10.5 Å². The fourth-order valence-corrected chi connectivity index (χ4v) is 3.41. The lowest BCUT2D eigenvalue weighted by atomic mass is 10.2. The molecule has 1 atom stereocenters. The molecule has 0 spiro atoms.